The third-order valence-electron chi connectivity index (χ3n) is 5.88. The summed E-state index contributed by atoms with van der Waals surface area (Å²) in [5.41, 5.74) is 3.23. The van der Waals surface area contributed by atoms with Crippen LogP contribution in [0, 0.1) is 11.8 Å². The second-order valence-corrected chi connectivity index (χ2v) is 8.95. The predicted octanol–water partition coefficient (Wildman–Crippen LogP) is 5.77. The van der Waals surface area contributed by atoms with Gasteiger partial charge in [-0.3, -0.25) is 14.6 Å². The van der Waals surface area contributed by atoms with Crippen molar-refractivity contribution in [2.75, 3.05) is 18.2 Å². The highest BCUT2D eigenvalue weighted by Gasteiger charge is 2.51. The number of ether oxygens (including phenoxy) is 2. The van der Waals surface area contributed by atoms with E-state index in [9.17, 15) is 9.59 Å². The third kappa shape index (κ3) is 5.30. The maximum absolute atomic E-state index is 13.3. The van der Waals surface area contributed by atoms with Crippen LogP contribution in [0.1, 0.15) is 31.0 Å². The fraction of sp³-hybridized carbons (Fsp3) is 0.250. The molecular weight excluding hydrogens is 508 g/mol. The summed E-state index contributed by atoms with van der Waals surface area (Å²) in [6.45, 7) is 3.77. The van der Waals surface area contributed by atoms with E-state index < -0.39 is 29.8 Å². The first-order valence-corrected chi connectivity index (χ1v) is 12.4. The highest BCUT2D eigenvalue weighted by Crippen LogP contribution is 2.45. The standard InChI is InChI=1S/C28H27BrN2O4/c1-3-34-27(32)24(28(33)35-4-2)23-25(19-11-7-5-8-12-19)30-31(22-17-15-21(29)16-18-22)26(23)20-13-9-6-10-14-20/h5-18,23-24,26H,3-4H2,1-2H3/t23-,26+/m0/s1. The van der Waals surface area contributed by atoms with Crippen molar-refractivity contribution < 1.29 is 19.1 Å². The van der Waals surface area contributed by atoms with Crippen molar-refractivity contribution in [1.82, 2.24) is 0 Å². The van der Waals surface area contributed by atoms with Gasteiger partial charge in [0.15, 0.2) is 5.92 Å². The maximum atomic E-state index is 13.3. The number of anilines is 1. The van der Waals surface area contributed by atoms with Crippen LogP contribution in [-0.4, -0.2) is 30.9 Å². The normalized spacial score (nSPS) is 17.3. The predicted molar refractivity (Wildman–Crippen MR) is 139 cm³/mol. The molecular formula is C28H27BrN2O4. The number of hydrogen-bond donors (Lipinski definition) is 0. The molecule has 0 bridgehead atoms. The lowest BCUT2D eigenvalue weighted by Gasteiger charge is -2.31. The second kappa shape index (κ2) is 11.3. The average Bonchev–Trinajstić information content (AvgIpc) is 3.26. The summed E-state index contributed by atoms with van der Waals surface area (Å²) >= 11 is 3.49. The van der Waals surface area contributed by atoms with E-state index in [1.54, 1.807) is 13.8 Å². The Bertz CT molecular complexity index is 1160. The summed E-state index contributed by atoms with van der Waals surface area (Å²) in [4.78, 5) is 26.6. The number of halogens is 1. The molecule has 35 heavy (non-hydrogen) atoms. The zero-order valence-corrected chi connectivity index (χ0v) is 21.2. The molecule has 0 N–H and O–H groups in total. The molecule has 0 saturated heterocycles. The molecule has 7 heteroatoms. The fourth-order valence-electron chi connectivity index (χ4n) is 4.41. The van der Waals surface area contributed by atoms with Gasteiger partial charge in [-0.2, -0.15) is 5.10 Å². The number of nitrogens with zero attached hydrogens (tertiary/aromatic N) is 2. The van der Waals surface area contributed by atoms with Crippen LogP contribution >= 0.6 is 15.9 Å². The molecule has 0 aromatic heterocycles. The van der Waals surface area contributed by atoms with Gasteiger partial charge >= 0.3 is 11.9 Å². The van der Waals surface area contributed by atoms with Crippen LogP contribution in [0.25, 0.3) is 0 Å². The molecule has 1 aliphatic heterocycles. The molecule has 0 radical (unpaired) electrons. The summed E-state index contributed by atoms with van der Waals surface area (Å²) in [5.74, 6) is -3.04. The second-order valence-electron chi connectivity index (χ2n) is 8.04. The minimum atomic E-state index is -1.18. The summed E-state index contributed by atoms with van der Waals surface area (Å²) in [6.07, 6.45) is 0. The summed E-state index contributed by atoms with van der Waals surface area (Å²) in [6, 6.07) is 26.8. The highest BCUT2D eigenvalue weighted by molar-refractivity contribution is 9.10. The lowest BCUT2D eigenvalue weighted by Crippen LogP contribution is -2.41. The molecule has 0 spiro atoms. The number of esters is 2. The van der Waals surface area contributed by atoms with E-state index in [1.165, 1.54) is 0 Å². The Kier molecular flexibility index (Phi) is 7.98. The minimum absolute atomic E-state index is 0.158. The SMILES string of the molecule is CCOC(=O)C(C(=O)OCC)[C@H]1C(c2ccccc2)=NN(c2ccc(Br)cc2)[C@@H]1c1ccccc1. The van der Waals surface area contributed by atoms with E-state index in [4.69, 9.17) is 14.6 Å². The van der Waals surface area contributed by atoms with Crippen LogP contribution in [0.3, 0.4) is 0 Å². The van der Waals surface area contributed by atoms with Gasteiger partial charge in [-0.1, -0.05) is 76.6 Å². The van der Waals surface area contributed by atoms with E-state index in [0.29, 0.717) is 5.71 Å². The maximum Gasteiger partial charge on any atom is 0.321 e. The van der Waals surface area contributed by atoms with E-state index in [0.717, 1.165) is 21.3 Å². The van der Waals surface area contributed by atoms with Gasteiger partial charge < -0.3 is 9.47 Å². The monoisotopic (exact) mass is 534 g/mol. The molecule has 1 aliphatic rings. The molecule has 0 saturated carbocycles. The van der Waals surface area contributed by atoms with Gasteiger partial charge in [-0.25, -0.2) is 0 Å². The fourth-order valence-corrected chi connectivity index (χ4v) is 4.67. The molecule has 6 nitrogen and oxygen atoms in total. The van der Waals surface area contributed by atoms with Gasteiger partial charge in [-0.05, 0) is 49.2 Å². The number of hydrogen-bond acceptors (Lipinski definition) is 6. The van der Waals surface area contributed by atoms with Crippen LogP contribution in [0.2, 0.25) is 0 Å². The molecule has 3 aromatic rings. The van der Waals surface area contributed by atoms with Gasteiger partial charge in [0.25, 0.3) is 0 Å². The Morgan fingerprint density at radius 3 is 1.94 bits per heavy atom. The van der Waals surface area contributed by atoms with Gasteiger partial charge in [0.2, 0.25) is 0 Å². The van der Waals surface area contributed by atoms with Crippen molar-refractivity contribution in [2.45, 2.75) is 19.9 Å². The van der Waals surface area contributed by atoms with E-state index >= 15 is 0 Å². The first kappa shape index (κ1) is 24.7. The van der Waals surface area contributed by atoms with E-state index in [1.807, 2.05) is 89.9 Å². The Hall–Kier alpha value is -3.45. The lowest BCUT2D eigenvalue weighted by molar-refractivity contribution is -0.163. The number of carbonyl (C=O) groups is 2. The summed E-state index contributed by atoms with van der Waals surface area (Å²) < 4.78 is 11.7. The Morgan fingerprint density at radius 1 is 0.857 bits per heavy atom. The first-order chi connectivity index (χ1) is 17.0. The van der Waals surface area contributed by atoms with E-state index in [2.05, 4.69) is 15.9 Å². The van der Waals surface area contributed by atoms with Crippen LogP contribution in [0.15, 0.2) is 94.5 Å². The number of hydrazone groups is 1. The molecule has 1 heterocycles. The zero-order valence-electron chi connectivity index (χ0n) is 19.6. The molecule has 4 rings (SSSR count). The van der Waals surface area contributed by atoms with Gasteiger partial charge in [-0.15, -0.1) is 0 Å². The smallest absolute Gasteiger partial charge is 0.321 e. The van der Waals surface area contributed by atoms with Crippen molar-refractivity contribution >= 4 is 39.3 Å². The van der Waals surface area contributed by atoms with E-state index in [-0.39, 0.29) is 13.2 Å². The molecule has 0 amide bonds. The largest absolute Gasteiger partial charge is 0.465 e. The molecule has 180 valence electrons. The van der Waals surface area contributed by atoms with Crippen molar-refractivity contribution in [1.29, 1.82) is 0 Å². The average molecular weight is 535 g/mol. The lowest BCUT2D eigenvalue weighted by atomic mass is 9.78. The Balaban J connectivity index is 1.94. The van der Waals surface area contributed by atoms with Crippen molar-refractivity contribution in [3.8, 4) is 0 Å². The first-order valence-electron chi connectivity index (χ1n) is 11.6. The zero-order chi connectivity index (χ0) is 24.8. The third-order valence-corrected chi connectivity index (χ3v) is 6.41. The number of benzene rings is 3. The van der Waals surface area contributed by atoms with Gasteiger partial charge in [0.1, 0.15) is 0 Å². The van der Waals surface area contributed by atoms with Crippen LogP contribution in [0.5, 0.6) is 0 Å². The van der Waals surface area contributed by atoms with Crippen molar-refractivity contribution in [2.24, 2.45) is 16.9 Å². The molecule has 0 fully saturated rings. The summed E-state index contributed by atoms with van der Waals surface area (Å²) in [5, 5.41) is 6.91. The van der Waals surface area contributed by atoms with Gasteiger partial charge in [0.05, 0.1) is 36.6 Å². The summed E-state index contributed by atoms with van der Waals surface area (Å²) in [7, 11) is 0. The molecule has 0 unspecified atom stereocenters. The number of rotatable bonds is 8. The van der Waals surface area contributed by atoms with Crippen LogP contribution < -0.4 is 5.01 Å². The van der Waals surface area contributed by atoms with Crippen molar-refractivity contribution in [3.63, 3.8) is 0 Å². The molecule has 3 aromatic carbocycles. The van der Waals surface area contributed by atoms with Crippen LogP contribution in [-0.2, 0) is 19.1 Å². The Morgan fingerprint density at radius 2 is 1.40 bits per heavy atom. The highest BCUT2D eigenvalue weighted by atomic mass is 79.9. The molecule has 2 atom stereocenters. The Labute approximate surface area is 213 Å². The quantitative estimate of drug-likeness (QED) is 0.271. The van der Waals surface area contributed by atoms with Gasteiger partial charge in [0, 0.05) is 4.47 Å². The van der Waals surface area contributed by atoms with Crippen LogP contribution in [0.4, 0.5) is 5.69 Å². The van der Waals surface area contributed by atoms with Crippen molar-refractivity contribution in [3.05, 3.63) is 101 Å². The minimum Gasteiger partial charge on any atom is -0.465 e. The molecule has 0 aliphatic carbocycles. The topological polar surface area (TPSA) is 68.2 Å². The number of carbonyl (C=O) groups excluding carboxylic acids is 2.